The number of hydrogen-bond acceptors (Lipinski definition) is 7. The molecule has 1 saturated carbocycles. The minimum Gasteiger partial charge on any atom is -0.404 e. The molecule has 7 heteroatoms. The van der Waals surface area contributed by atoms with Crippen molar-refractivity contribution in [2.45, 2.75) is 70.4 Å². The molecule has 158 valence electrons. The number of benzene rings is 1. The van der Waals surface area contributed by atoms with Gasteiger partial charge in [0.1, 0.15) is 5.75 Å². The number of carbonyl (C=O) groups is 1. The second-order valence-electron chi connectivity index (χ2n) is 9.06. The van der Waals surface area contributed by atoms with E-state index in [0.29, 0.717) is 11.7 Å². The van der Waals surface area contributed by atoms with Crippen LogP contribution in [0, 0.1) is 23.7 Å². The molecule has 5 aliphatic rings. The molecule has 1 aromatic carbocycles. The van der Waals surface area contributed by atoms with E-state index in [2.05, 4.69) is 6.92 Å². The highest BCUT2D eigenvalue weighted by Crippen LogP contribution is 2.60. The quantitative estimate of drug-likeness (QED) is 0.411. The van der Waals surface area contributed by atoms with Gasteiger partial charge in [-0.1, -0.05) is 32.0 Å². The topological polar surface area (TPSA) is 72.5 Å². The van der Waals surface area contributed by atoms with Gasteiger partial charge in [-0.25, -0.2) is 14.6 Å². The zero-order valence-corrected chi connectivity index (χ0v) is 17.0. The third kappa shape index (κ3) is 3.06. The van der Waals surface area contributed by atoms with E-state index in [4.69, 9.17) is 28.7 Å². The average molecular weight is 404 g/mol. The summed E-state index contributed by atoms with van der Waals surface area (Å²) in [6.07, 6.45) is 1.53. The van der Waals surface area contributed by atoms with Crippen molar-refractivity contribution in [3.05, 3.63) is 30.3 Å². The second-order valence-corrected chi connectivity index (χ2v) is 9.06. The molecule has 1 aromatic rings. The maximum atomic E-state index is 12.4. The van der Waals surface area contributed by atoms with Crippen LogP contribution in [0.15, 0.2) is 30.3 Å². The molecular weight excluding hydrogens is 376 g/mol. The van der Waals surface area contributed by atoms with Gasteiger partial charge in [0.25, 0.3) is 0 Å². The van der Waals surface area contributed by atoms with Crippen molar-refractivity contribution >= 4 is 6.16 Å². The predicted octanol–water partition coefficient (Wildman–Crippen LogP) is 4.41. The van der Waals surface area contributed by atoms with E-state index in [0.717, 1.165) is 25.7 Å². The summed E-state index contributed by atoms with van der Waals surface area (Å²) in [5.41, 5.74) is -0.670. The van der Waals surface area contributed by atoms with Crippen LogP contribution in [-0.2, 0) is 24.0 Å². The van der Waals surface area contributed by atoms with Gasteiger partial charge in [0.05, 0.1) is 0 Å². The van der Waals surface area contributed by atoms with Gasteiger partial charge in [0.15, 0.2) is 11.9 Å². The van der Waals surface area contributed by atoms with Crippen LogP contribution in [0.5, 0.6) is 5.75 Å². The molecule has 4 heterocycles. The Bertz CT molecular complexity index is 770. The monoisotopic (exact) mass is 404 g/mol. The molecule has 0 radical (unpaired) electrons. The van der Waals surface area contributed by atoms with Gasteiger partial charge in [-0.05, 0) is 50.2 Å². The molecule has 0 unspecified atom stereocenters. The summed E-state index contributed by atoms with van der Waals surface area (Å²) < 4.78 is 23.4. The first kappa shape index (κ1) is 19.3. The van der Waals surface area contributed by atoms with Crippen molar-refractivity contribution < 1.29 is 33.5 Å². The molecule has 5 fully saturated rings. The standard InChI is InChI=1S/C22H28O7/c1-13-9-10-17-14(2)18(26-20(23)24-15-7-5-4-6-8-15)25-19-22(17)16(13)11-12-21(3,27-19)28-29-22/h4-8,13-14,16-19H,9-12H2,1-3H3/t13-,14-,16+,17+,18+,19-,21+,22+/m0/s1. The summed E-state index contributed by atoms with van der Waals surface area (Å²) in [7, 11) is 0. The largest absolute Gasteiger partial charge is 0.516 e. The molecule has 1 spiro atoms. The summed E-state index contributed by atoms with van der Waals surface area (Å²) >= 11 is 0. The molecule has 6 rings (SSSR count). The van der Waals surface area contributed by atoms with Crippen molar-refractivity contribution in [1.82, 2.24) is 0 Å². The molecule has 0 amide bonds. The number of hydrogen-bond donors (Lipinski definition) is 0. The SMILES string of the molecule is C[C@@H]1[C@@H](OC(=O)Oc2ccccc2)O[C@H]2O[C@@]3(C)CC[C@@H]4[C@@H](C)CC[C@H]1[C@@]24OO3. The van der Waals surface area contributed by atoms with Gasteiger partial charge < -0.3 is 18.9 Å². The lowest BCUT2D eigenvalue weighted by atomic mass is 9.58. The van der Waals surface area contributed by atoms with Crippen LogP contribution in [0.1, 0.15) is 46.5 Å². The fourth-order valence-electron chi connectivity index (χ4n) is 5.71. The molecular formula is C22H28O7. The summed E-state index contributed by atoms with van der Waals surface area (Å²) in [5.74, 6) is 0.345. The Hall–Kier alpha value is -1.67. The number of fused-ring (bicyclic) bond motifs is 2. The Kier molecular flexibility index (Phi) is 4.62. The fourth-order valence-corrected chi connectivity index (χ4v) is 5.71. The summed E-state index contributed by atoms with van der Waals surface area (Å²) in [6, 6.07) is 8.85. The van der Waals surface area contributed by atoms with E-state index in [-0.39, 0.29) is 17.8 Å². The van der Waals surface area contributed by atoms with Crippen LogP contribution in [0.2, 0.25) is 0 Å². The van der Waals surface area contributed by atoms with Crippen LogP contribution in [-0.4, -0.2) is 30.1 Å². The van der Waals surface area contributed by atoms with Crippen molar-refractivity contribution in [3.8, 4) is 5.75 Å². The van der Waals surface area contributed by atoms with Crippen LogP contribution < -0.4 is 4.74 Å². The fraction of sp³-hybridized carbons (Fsp3) is 0.682. The van der Waals surface area contributed by atoms with Crippen molar-refractivity contribution in [2.75, 3.05) is 0 Å². The molecule has 1 aliphatic carbocycles. The van der Waals surface area contributed by atoms with E-state index < -0.39 is 30.1 Å². The van der Waals surface area contributed by atoms with Crippen molar-refractivity contribution in [1.29, 1.82) is 0 Å². The lowest BCUT2D eigenvalue weighted by Crippen LogP contribution is -2.70. The molecule has 0 aromatic heterocycles. The Morgan fingerprint density at radius 2 is 1.86 bits per heavy atom. The smallest absolute Gasteiger partial charge is 0.404 e. The number of ether oxygens (including phenoxy) is 4. The van der Waals surface area contributed by atoms with Gasteiger partial charge in [-0.2, -0.15) is 0 Å². The van der Waals surface area contributed by atoms with Crippen LogP contribution in [0.25, 0.3) is 0 Å². The minimum absolute atomic E-state index is 0.0840. The highest BCUT2D eigenvalue weighted by Gasteiger charge is 2.69. The van der Waals surface area contributed by atoms with Gasteiger partial charge in [-0.15, -0.1) is 0 Å². The molecule has 0 N–H and O–H groups in total. The molecule has 4 aliphatic heterocycles. The lowest BCUT2D eigenvalue weighted by Gasteiger charge is -2.59. The third-order valence-corrected chi connectivity index (χ3v) is 7.25. The zero-order valence-electron chi connectivity index (χ0n) is 17.0. The zero-order chi connectivity index (χ0) is 20.2. The van der Waals surface area contributed by atoms with E-state index in [9.17, 15) is 4.79 Å². The van der Waals surface area contributed by atoms with Crippen LogP contribution >= 0.6 is 0 Å². The minimum atomic E-state index is -0.854. The maximum absolute atomic E-state index is 12.4. The summed E-state index contributed by atoms with van der Waals surface area (Å²) in [6.45, 7) is 6.17. The van der Waals surface area contributed by atoms with Gasteiger partial charge >= 0.3 is 6.16 Å². The first-order chi connectivity index (χ1) is 13.9. The Morgan fingerprint density at radius 3 is 2.66 bits per heavy atom. The van der Waals surface area contributed by atoms with E-state index in [1.54, 1.807) is 24.3 Å². The Morgan fingerprint density at radius 1 is 1.07 bits per heavy atom. The molecule has 8 atom stereocenters. The average Bonchev–Trinajstić information content (AvgIpc) is 2.93. The highest BCUT2D eigenvalue weighted by atomic mass is 17.3. The highest BCUT2D eigenvalue weighted by molar-refractivity contribution is 5.63. The molecule has 4 saturated heterocycles. The molecule has 7 nitrogen and oxygen atoms in total. The normalized spacial score (nSPS) is 45.8. The summed E-state index contributed by atoms with van der Waals surface area (Å²) in [4.78, 5) is 24.3. The predicted molar refractivity (Wildman–Crippen MR) is 100 cm³/mol. The van der Waals surface area contributed by atoms with Gasteiger partial charge in [0, 0.05) is 18.3 Å². The molecule has 29 heavy (non-hydrogen) atoms. The van der Waals surface area contributed by atoms with Crippen molar-refractivity contribution in [2.24, 2.45) is 23.7 Å². The van der Waals surface area contributed by atoms with Gasteiger partial charge in [0.2, 0.25) is 12.1 Å². The first-order valence-corrected chi connectivity index (χ1v) is 10.5. The third-order valence-electron chi connectivity index (χ3n) is 7.25. The van der Waals surface area contributed by atoms with E-state index >= 15 is 0 Å². The van der Waals surface area contributed by atoms with Crippen LogP contribution in [0.3, 0.4) is 0 Å². The van der Waals surface area contributed by atoms with Crippen molar-refractivity contribution in [3.63, 3.8) is 0 Å². The molecule has 2 bridgehead atoms. The van der Waals surface area contributed by atoms with E-state index in [1.165, 1.54) is 0 Å². The Balaban J connectivity index is 1.39. The van der Waals surface area contributed by atoms with Crippen LogP contribution in [0.4, 0.5) is 4.79 Å². The lowest BCUT2D eigenvalue weighted by molar-refractivity contribution is -0.576. The van der Waals surface area contributed by atoms with E-state index in [1.807, 2.05) is 19.9 Å². The second kappa shape index (κ2) is 6.94. The number of rotatable bonds is 2. The summed E-state index contributed by atoms with van der Waals surface area (Å²) in [5, 5.41) is 0. The van der Waals surface area contributed by atoms with Gasteiger partial charge in [-0.3, -0.25) is 0 Å². The Labute approximate surface area is 170 Å². The number of carbonyl (C=O) groups excluding carboxylic acids is 1. The first-order valence-electron chi connectivity index (χ1n) is 10.5. The number of para-hydroxylation sites is 1. The maximum Gasteiger partial charge on any atom is 0.516 e.